The summed E-state index contributed by atoms with van der Waals surface area (Å²) in [5.74, 6) is -0.938. The molecular formula is C22H24F3N7O3. The number of anilines is 3. The minimum Gasteiger partial charge on any atom is -0.366 e. The van der Waals surface area contributed by atoms with Crippen molar-refractivity contribution in [1.29, 1.82) is 0 Å². The molecule has 4 rings (SSSR count). The molecule has 2 aliphatic heterocycles. The van der Waals surface area contributed by atoms with E-state index in [1.54, 1.807) is 20.2 Å². The maximum absolute atomic E-state index is 13.3. The molecule has 2 bridgehead atoms. The fourth-order valence-corrected chi connectivity index (χ4v) is 4.01. The van der Waals surface area contributed by atoms with Gasteiger partial charge in [-0.2, -0.15) is 13.2 Å². The predicted molar refractivity (Wildman–Crippen MR) is 122 cm³/mol. The van der Waals surface area contributed by atoms with Gasteiger partial charge in [-0.1, -0.05) is 0 Å². The third kappa shape index (κ3) is 4.84. The summed E-state index contributed by atoms with van der Waals surface area (Å²) in [6, 6.07) is 2.99. The van der Waals surface area contributed by atoms with E-state index < -0.39 is 24.2 Å². The van der Waals surface area contributed by atoms with E-state index >= 15 is 0 Å². The standard InChI is InChI=1S/C22H24F3N7O3/c1-12(22(23,24)25)27-19(33)15-4-5-16-18(28-15)32(14-7-9-31(16)11-14)21(35)29-17-10-13(6-8-26-17)20(34)30(2)3/h4-6,8,10,12,14H,7,9,11H2,1-3H3,(H,27,33)(H,26,29,35)/t12?,14-/m0/s1. The summed E-state index contributed by atoms with van der Waals surface area (Å²) >= 11 is 0. The molecule has 2 aromatic rings. The van der Waals surface area contributed by atoms with Crippen LogP contribution in [0, 0.1) is 0 Å². The minimum atomic E-state index is -4.60. The number of hydrogen-bond donors (Lipinski definition) is 2. The molecule has 13 heteroatoms. The van der Waals surface area contributed by atoms with Gasteiger partial charge < -0.3 is 15.1 Å². The predicted octanol–water partition coefficient (Wildman–Crippen LogP) is 2.49. The number of nitrogens with one attached hydrogen (secondary N) is 2. The first-order valence-electron chi connectivity index (χ1n) is 10.9. The summed E-state index contributed by atoms with van der Waals surface area (Å²) in [7, 11) is 3.21. The number of fused-ring (bicyclic) bond motifs is 4. The van der Waals surface area contributed by atoms with Crippen LogP contribution in [0.15, 0.2) is 30.5 Å². The monoisotopic (exact) mass is 491 g/mol. The highest BCUT2D eigenvalue weighted by molar-refractivity contribution is 6.05. The molecule has 10 nitrogen and oxygen atoms in total. The first kappa shape index (κ1) is 24.2. The van der Waals surface area contributed by atoms with Crippen LogP contribution in [0.2, 0.25) is 0 Å². The molecule has 0 aromatic carbocycles. The van der Waals surface area contributed by atoms with Gasteiger partial charge >= 0.3 is 12.2 Å². The largest absolute Gasteiger partial charge is 0.408 e. The maximum atomic E-state index is 13.3. The van der Waals surface area contributed by atoms with Crippen molar-refractivity contribution in [2.24, 2.45) is 0 Å². The number of amides is 4. The molecule has 4 heterocycles. The highest BCUT2D eigenvalue weighted by Crippen LogP contribution is 2.39. The number of halogens is 3. The van der Waals surface area contributed by atoms with Crippen LogP contribution in [0.25, 0.3) is 0 Å². The summed E-state index contributed by atoms with van der Waals surface area (Å²) in [6.45, 7) is 2.04. The molecule has 186 valence electrons. The van der Waals surface area contributed by atoms with Crippen LogP contribution in [0.4, 0.5) is 35.3 Å². The molecule has 1 unspecified atom stereocenters. The Morgan fingerprint density at radius 3 is 2.63 bits per heavy atom. The highest BCUT2D eigenvalue weighted by Gasteiger charge is 2.41. The number of rotatable bonds is 4. The van der Waals surface area contributed by atoms with Crippen molar-refractivity contribution < 1.29 is 27.6 Å². The zero-order valence-electron chi connectivity index (χ0n) is 19.3. The number of hydrogen-bond acceptors (Lipinski definition) is 6. The molecule has 4 amide bonds. The van der Waals surface area contributed by atoms with Crippen LogP contribution in [0.1, 0.15) is 34.2 Å². The lowest BCUT2D eigenvalue weighted by Gasteiger charge is -2.35. The highest BCUT2D eigenvalue weighted by atomic mass is 19.4. The number of carbonyl (C=O) groups is 3. The molecule has 0 saturated carbocycles. The van der Waals surface area contributed by atoms with Gasteiger partial charge in [0.1, 0.15) is 17.6 Å². The van der Waals surface area contributed by atoms with Gasteiger partial charge in [-0.05, 0) is 37.6 Å². The van der Waals surface area contributed by atoms with E-state index in [2.05, 4.69) is 15.3 Å². The quantitative estimate of drug-likeness (QED) is 0.680. The van der Waals surface area contributed by atoms with Crippen LogP contribution in [-0.2, 0) is 0 Å². The zero-order chi connectivity index (χ0) is 25.5. The van der Waals surface area contributed by atoms with Crippen molar-refractivity contribution in [3.63, 3.8) is 0 Å². The Hall–Kier alpha value is -3.90. The molecule has 2 atom stereocenters. The molecule has 2 aromatic heterocycles. The van der Waals surface area contributed by atoms with E-state index in [1.165, 1.54) is 34.2 Å². The Bertz CT molecular complexity index is 1170. The van der Waals surface area contributed by atoms with Gasteiger partial charge in [0, 0.05) is 38.9 Å². The van der Waals surface area contributed by atoms with Crippen molar-refractivity contribution in [1.82, 2.24) is 20.2 Å². The molecule has 0 radical (unpaired) electrons. The smallest absolute Gasteiger partial charge is 0.366 e. The lowest BCUT2D eigenvalue weighted by atomic mass is 10.1. The lowest BCUT2D eigenvalue weighted by molar-refractivity contribution is -0.149. The molecule has 2 N–H and O–H groups in total. The van der Waals surface area contributed by atoms with E-state index in [1.807, 2.05) is 10.2 Å². The number of urea groups is 1. The molecule has 0 aliphatic carbocycles. The number of carbonyl (C=O) groups excluding carboxylic acids is 3. The summed E-state index contributed by atoms with van der Waals surface area (Å²) in [6.07, 6.45) is -2.56. The molecular weight excluding hydrogens is 467 g/mol. The third-order valence-electron chi connectivity index (χ3n) is 5.89. The van der Waals surface area contributed by atoms with Crippen LogP contribution in [0.3, 0.4) is 0 Å². The second-order valence-electron chi connectivity index (χ2n) is 8.59. The van der Waals surface area contributed by atoms with Crippen molar-refractivity contribution >= 4 is 35.2 Å². The average molecular weight is 491 g/mol. The van der Waals surface area contributed by atoms with E-state index in [9.17, 15) is 27.6 Å². The first-order chi connectivity index (χ1) is 16.5. The zero-order valence-corrected chi connectivity index (χ0v) is 19.3. The Kier molecular flexibility index (Phi) is 6.26. The number of alkyl halides is 3. The Morgan fingerprint density at radius 1 is 1.20 bits per heavy atom. The SMILES string of the molecule is CC(NC(=O)c1ccc2c(n1)N(C(=O)Nc1cc(C(=O)N(C)C)ccn1)[C@H]1CCN2C1)C(F)(F)F. The molecule has 35 heavy (non-hydrogen) atoms. The van der Waals surface area contributed by atoms with Crippen LogP contribution in [-0.4, -0.2) is 78.2 Å². The van der Waals surface area contributed by atoms with Crippen LogP contribution >= 0.6 is 0 Å². The summed E-state index contributed by atoms with van der Waals surface area (Å²) in [5, 5.41) is 4.55. The number of aromatic nitrogens is 2. The van der Waals surface area contributed by atoms with Crippen LogP contribution < -0.4 is 20.4 Å². The maximum Gasteiger partial charge on any atom is 0.408 e. The van der Waals surface area contributed by atoms with E-state index in [0.717, 1.165) is 6.92 Å². The Morgan fingerprint density at radius 2 is 1.94 bits per heavy atom. The van der Waals surface area contributed by atoms with Crippen molar-refractivity contribution in [2.75, 3.05) is 42.3 Å². The Balaban J connectivity index is 1.61. The number of pyridine rings is 2. The Labute approximate surface area is 199 Å². The van der Waals surface area contributed by atoms with Gasteiger partial charge in [0.25, 0.3) is 11.8 Å². The van der Waals surface area contributed by atoms with Crippen molar-refractivity contribution in [3.05, 3.63) is 41.7 Å². The van der Waals surface area contributed by atoms with Gasteiger partial charge in [-0.15, -0.1) is 0 Å². The van der Waals surface area contributed by atoms with Crippen molar-refractivity contribution in [2.45, 2.75) is 31.6 Å². The lowest BCUT2D eigenvalue weighted by Crippen LogP contribution is -2.49. The van der Waals surface area contributed by atoms with E-state index in [4.69, 9.17) is 0 Å². The summed E-state index contributed by atoms with van der Waals surface area (Å²) < 4.78 is 38.6. The van der Waals surface area contributed by atoms with Crippen LogP contribution in [0.5, 0.6) is 0 Å². The normalized spacial score (nSPS) is 17.5. The summed E-state index contributed by atoms with van der Waals surface area (Å²) in [4.78, 5) is 51.1. The molecule has 2 aliphatic rings. The van der Waals surface area contributed by atoms with E-state index in [0.29, 0.717) is 30.8 Å². The number of nitrogens with zero attached hydrogens (tertiary/aromatic N) is 5. The topological polar surface area (TPSA) is 111 Å². The van der Waals surface area contributed by atoms with E-state index in [-0.39, 0.29) is 29.3 Å². The molecule has 1 fully saturated rings. The van der Waals surface area contributed by atoms with Gasteiger partial charge in [-0.25, -0.2) is 14.8 Å². The second kappa shape index (κ2) is 9.04. The average Bonchev–Trinajstić information content (AvgIpc) is 3.21. The fraction of sp³-hybridized carbons (Fsp3) is 0.409. The molecule has 0 spiro atoms. The minimum absolute atomic E-state index is 0.151. The van der Waals surface area contributed by atoms with Gasteiger partial charge in [0.2, 0.25) is 0 Å². The fourth-order valence-electron chi connectivity index (χ4n) is 4.01. The van der Waals surface area contributed by atoms with Gasteiger partial charge in [0.15, 0.2) is 5.82 Å². The summed E-state index contributed by atoms with van der Waals surface area (Å²) in [5.41, 5.74) is 0.693. The third-order valence-corrected chi connectivity index (χ3v) is 5.89. The van der Waals surface area contributed by atoms with Crippen molar-refractivity contribution in [3.8, 4) is 0 Å². The molecule has 1 saturated heterocycles. The van der Waals surface area contributed by atoms with Gasteiger partial charge in [0.05, 0.1) is 11.7 Å². The van der Waals surface area contributed by atoms with Gasteiger partial charge in [-0.3, -0.25) is 19.8 Å². The first-order valence-corrected chi connectivity index (χ1v) is 10.9. The second-order valence-corrected chi connectivity index (χ2v) is 8.59.